The van der Waals surface area contributed by atoms with Crippen molar-refractivity contribution in [1.29, 1.82) is 0 Å². The quantitative estimate of drug-likeness (QED) is 0.643. The second-order valence-electron chi connectivity index (χ2n) is 7.24. The summed E-state index contributed by atoms with van der Waals surface area (Å²) in [5, 5.41) is 1.70. The molecule has 0 radical (unpaired) electrons. The van der Waals surface area contributed by atoms with E-state index in [1.54, 1.807) is 6.07 Å². The molecule has 28 heavy (non-hydrogen) atoms. The number of aryl methyl sites for hydroxylation is 1. The minimum atomic E-state index is -0.271. The average molecular weight is 372 g/mol. The molecule has 5 rings (SSSR count). The van der Waals surface area contributed by atoms with E-state index >= 15 is 0 Å². The third-order valence-electron chi connectivity index (χ3n) is 5.50. The van der Waals surface area contributed by atoms with Crippen molar-refractivity contribution in [3.63, 3.8) is 0 Å². The van der Waals surface area contributed by atoms with Gasteiger partial charge in [-0.05, 0) is 42.8 Å². The molecule has 0 atom stereocenters. The van der Waals surface area contributed by atoms with Gasteiger partial charge >= 0.3 is 0 Å². The zero-order chi connectivity index (χ0) is 19.3. The van der Waals surface area contributed by atoms with Crippen LogP contribution in [-0.4, -0.2) is 38.1 Å². The van der Waals surface area contributed by atoms with Crippen LogP contribution in [0.25, 0.3) is 10.8 Å². The van der Waals surface area contributed by atoms with Gasteiger partial charge < -0.3 is 9.64 Å². The summed E-state index contributed by atoms with van der Waals surface area (Å²) in [4.78, 5) is 30.1. The molecule has 5 heteroatoms. The van der Waals surface area contributed by atoms with Gasteiger partial charge in [-0.1, -0.05) is 24.3 Å². The van der Waals surface area contributed by atoms with Crippen molar-refractivity contribution in [3.05, 3.63) is 71.3 Å². The van der Waals surface area contributed by atoms with E-state index in [1.165, 1.54) is 4.90 Å². The summed E-state index contributed by atoms with van der Waals surface area (Å²) in [6.07, 6.45) is 0. The van der Waals surface area contributed by atoms with Gasteiger partial charge in [-0.25, -0.2) is 4.90 Å². The van der Waals surface area contributed by atoms with Crippen LogP contribution in [0.15, 0.2) is 54.6 Å². The number of morpholine rings is 1. The first-order valence-electron chi connectivity index (χ1n) is 9.49. The predicted molar refractivity (Wildman–Crippen MR) is 109 cm³/mol. The topological polar surface area (TPSA) is 49.9 Å². The highest BCUT2D eigenvalue weighted by atomic mass is 16.5. The van der Waals surface area contributed by atoms with E-state index in [9.17, 15) is 9.59 Å². The highest BCUT2D eigenvalue weighted by Gasteiger charge is 2.34. The lowest BCUT2D eigenvalue weighted by atomic mass is 9.92. The SMILES string of the molecule is Cc1cccc(N2C(=O)c3cccc4c(N5CCOCC5)ccc(c34)C2=O)c1. The van der Waals surface area contributed by atoms with Crippen LogP contribution in [0.1, 0.15) is 26.3 Å². The first-order chi connectivity index (χ1) is 13.6. The Morgan fingerprint density at radius 2 is 1.57 bits per heavy atom. The van der Waals surface area contributed by atoms with E-state index in [2.05, 4.69) is 4.90 Å². The number of amides is 2. The highest BCUT2D eigenvalue weighted by molar-refractivity contribution is 6.36. The van der Waals surface area contributed by atoms with Gasteiger partial charge in [0.15, 0.2) is 0 Å². The van der Waals surface area contributed by atoms with E-state index in [-0.39, 0.29) is 11.8 Å². The van der Waals surface area contributed by atoms with Crippen molar-refractivity contribution in [2.75, 3.05) is 36.1 Å². The Bertz CT molecular complexity index is 1090. The zero-order valence-electron chi connectivity index (χ0n) is 15.6. The number of rotatable bonds is 2. The maximum Gasteiger partial charge on any atom is 0.265 e. The van der Waals surface area contributed by atoms with Crippen LogP contribution in [0.3, 0.4) is 0 Å². The minimum Gasteiger partial charge on any atom is -0.378 e. The molecule has 0 N–H and O–H groups in total. The molecule has 0 unspecified atom stereocenters. The van der Waals surface area contributed by atoms with Crippen LogP contribution in [0.2, 0.25) is 0 Å². The second kappa shape index (κ2) is 6.46. The Balaban J connectivity index is 1.69. The molecule has 0 saturated carbocycles. The molecule has 2 aliphatic heterocycles. The molecule has 0 bridgehead atoms. The number of hydrogen-bond acceptors (Lipinski definition) is 4. The average Bonchev–Trinajstić information content (AvgIpc) is 2.72. The molecule has 0 aromatic heterocycles. The van der Waals surface area contributed by atoms with Gasteiger partial charge in [0.25, 0.3) is 11.8 Å². The second-order valence-corrected chi connectivity index (χ2v) is 7.24. The third kappa shape index (κ3) is 2.51. The van der Waals surface area contributed by atoms with Crippen molar-refractivity contribution in [1.82, 2.24) is 0 Å². The number of anilines is 2. The van der Waals surface area contributed by atoms with Gasteiger partial charge in [-0.15, -0.1) is 0 Å². The number of nitrogens with zero attached hydrogens (tertiary/aromatic N) is 2. The van der Waals surface area contributed by atoms with E-state index in [4.69, 9.17) is 4.74 Å². The molecule has 3 aromatic carbocycles. The molecule has 0 spiro atoms. The number of imide groups is 1. The Labute approximate surface area is 163 Å². The van der Waals surface area contributed by atoms with Gasteiger partial charge in [-0.2, -0.15) is 0 Å². The molecule has 140 valence electrons. The molecular weight excluding hydrogens is 352 g/mol. The van der Waals surface area contributed by atoms with Gasteiger partial charge in [0.1, 0.15) is 0 Å². The van der Waals surface area contributed by atoms with Crippen LogP contribution >= 0.6 is 0 Å². The normalized spacial score (nSPS) is 16.8. The van der Waals surface area contributed by atoms with Gasteiger partial charge in [-0.3, -0.25) is 9.59 Å². The van der Waals surface area contributed by atoms with E-state index in [0.29, 0.717) is 30.0 Å². The number of carbonyl (C=O) groups is 2. The molecule has 3 aromatic rings. The molecule has 0 aliphatic carbocycles. The summed E-state index contributed by atoms with van der Waals surface area (Å²) in [6, 6.07) is 17.0. The lowest BCUT2D eigenvalue weighted by Crippen LogP contribution is -2.41. The smallest absolute Gasteiger partial charge is 0.265 e. The van der Waals surface area contributed by atoms with E-state index in [1.807, 2.05) is 55.5 Å². The monoisotopic (exact) mass is 372 g/mol. The largest absolute Gasteiger partial charge is 0.378 e. The van der Waals surface area contributed by atoms with Gasteiger partial charge in [0.2, 0.25) is 0 Å². The summed E-state index contributed by atoms with van der Waals surface area (Å²) >= 11 is 0. The van der Waals surface area contributed by atoms with E-state index in [0.717, 1.165) is 35.1 Å². The Kier molecular flexibility index (Phi) is 3.91. The lowest BCUT2D eigenvalue weighted by molar-refractivity contribution is 0.0893. The summed E-state index contributed by atoms with van der Waals surface area (Å²) in [5.74, 6) is -0.541. The predicted octanol–water partition coefficient (Wildman–Crippen LogP) is 3.79. The maximum absolute atomic E-state index is 13.3. The molecule has 1 saturated heterocycles. The van der Waals surface area contributed by atoms with Crippen molar-refractivity contribution in [2.45, 2.75) is 6.92 Å². The lowest BCUT2D eigenvalue weighted by Gasteiger charge is -2.32. The molecule has 5 nitrogen and oxygen atoms in total. The maximum atomic E-state index is 13.3. The summed E-state index contributed by atoms with van der Waals surface area (Å²) in [6.45, 7) is 4.92. The minimum absolute atomic E-state index is 0.271. The molecule has 1 fully saturated rings. The molecule has 2 amide bonds. The van der Waals surface area contributed by atoms with Crippen LogP contribution in [0.5, 0.6) is 0 Å². The number of hydrogen-bond donors (Lipinski definition) is 0. The Morgan fingerprint density at radius 1 is 0.857 bits per heavy atom. The summed E-state index contributed by atoms with van der Waals surface area (Å²) in [7, 11) is 0. The molecule has 2 heterocycles. The standard InChI is InChI=1S/C23H20N2O3/c1-15-4-2-5-16(14-15)25-22(26)18-7-3-6-17-20(24-10-12-28-13-11-24)9-8-19(21(17)18)23(25)27/h2-9,14H,10-13H2,1H3. The molecule has 2 aliphatic rings. The Morgan fingerprint density at radius 3 is 2.32 bits per heavy atom. The fraction of sp³-hybridized carbons (Fsp3) is 0.217. The van der Waals surface area contributed by atoms with Crippen LogP contribution in [-0.2, 0) is 4.74 Å². The number of ether oxygens (including phenoxy) is 1. The fourth-order valence-corrected chi connectivity index (χ4v) is 4.16. The fourth-order valence-electron chi connectivity index (χ4n) is 4.16. The summed E-state index contributed by atoms with van der Waals surface area (Å²) < 4.78 is 5.46. The van der Waals surface area contributed by atoms with Crippen molar-refractivity contribution in [3.8, 4) is 0 Å². The Hall–Kier alpha value is -3.18. The zero-order valence-corrected chi connectivity index (χ0v) is 15.6. The highest BCUT2D eigenvalue weighted by Crippen LogP contribution is 2.37. The summed E-state index contributed by atoms with van der Waals surface area (Å²) in [5.41, 5.74) is 3.81. The first kappa shape index (κ1) is 17.0. The van der Waals surface area contributed by atoms with Crippen LogP contribution < -0.4 is 9.80 Å². The van der Waals surface area contributed by atoms with Gasteiger partial charge in [0.05, 0.1) is 18.9 Å². The number of carbonyl (C=O) groups excluding carboxylic acids is 2. The molecular formula is C23H20N2O3. The van der Waals surface area contributed by atoms with Crippen LogP contribution in [0, 0.1) is 6.92 Å². The van der Waals surface area contributed by atoms with Gasteiger partial charge in [0, 0.05) is 40.7 Å². The van der Waals surface area contributed by atoms with Crippen LogP contribution in [0.4, 0.5) is 11.4 Å². The van der Waals surface area contributed by atoms with E-state index < -0.39 is 0 Å². The van der Waals surface area contributed by atoms with Crippen molar-refractivity contribution in [2.24, 2.45) is 0 Å². The first-order valence-corrected chi connectivity index (χ1v) is 9.49. The number of benzene rings is 3. The van der Waals surface area contributed by atoms with Crippen molar-refractivity contribution < 1.29 is 14.3 Å². The third-order valence-corrected chi connectivity index (χ3v) is 5.50. The van der Waals surface area contributed by atoms with Crippen molar-refractivity contribution >= 4 is 34.0 Å².